The lowest BCUT2D eigenvalue weighted by atomic mass is 10.2. The van der Waals surface area contributed by atoms with Gasteiger partial charge in [-0.3, -0.25) is 0 Å². The summed E-state index contributed by atoms with van der Waals surface area (Å²) >= 11 is 1.54. The van der Waals surface area contributed by atoms with Crippen molar-refractivity contribution in [2.24, 2.45) is 0 Å². The molecule has 0 unspecified atom stereocenters. The molecule has 168 valence electrons. The van der Waals surface area contributed by atoms with Crippen LogP contribution in [0.5, 0.6) is 11.5 Å². The van der Waals surface area contributed by atoms with Crippen LogP contribution in [-0.2, 0) is 13.2 Å². The Bertz CT molecular complexity index is 1540. The Morgan fingerprint density at radius 2 is 1.59 bits per heavy atom. The zero-order valence-corrected chi connectivity index (χ0v) is 19.3. The second-order valence-corrected chi connectivity index (χ2v) is 9.13. The zero-order chi connectivity index (χ0) is 22.9. The van der Waals surface area contributed by atoms with Crippen molar-refractivity contribution in [3.8, 4) is 23.0 Å². The Labute approximate surface area is 200 Å². The molecular weight excluding hydrogens is 446 g/mol. The molecule has 0 fully saturated rings. The molecule has 0 saturated carbocycles. The minimum absolute atomic E-state index is 0.446. The van der Waals surface area contributed by atoms with Crippen LogP contribution in [0, 0.1) is 6.92 Å². The van der Waals surface area contributed by atoms with Crippen LogP contribution in [0.4, 0.5) is 0 Å². The SMILES string of the molecule is Cc1nn2cc(-c3cc4c(OCc5ccccc5)cc(OCc5ccccc5)cc4o3)nc2s1. The molecule has 6 rings (SSSR count). The molecule has 6 nitrogen and oxygen atoms in total. The van der Waals surface area contributed by atoms with Crippen LogP contribution in [-0.4, -0.2) is 14.6 Å². The average molecular weight is 468 g/mol. The molecule has 0 aliphatic rings. The van der Waals surface area contributed by atoms with Crippen molar-refractivity contribution in [2.75, 3.05) is 0 Å². The van der Waals surface area contributed by atoms with E-state index in [9.17, 15) is 0 Å². The number of aryl methyl sites for hydroxylation is 1. The summed E-state index contributed by atoms with van der Waals surface area (Å²) in [6.45, 7) is 2.87. The second-order valence-electron chi connectivity index (χ2n) is 7.97. The van der Waals surface area contributed by atoms with Crippen LogP contribution >= 0.6 is 11.3 Å². The van der Waals surface area contributed by atoms with Gasteiger partial charge in [-0.2, -0.15) is 5.10 Å². The highest BCUT2D eigenvalue weighted by atomic mass is 32.1. The molecule has 0 amide bonds. The fourth-order valence-corrected chi connectivity index (χ4v) is 4.53. The van der Waals surface area contributed by atoms with E-state index >= 15 is 0 Å². The molecule has 0 atom stereocenters. The third-order valence-corrected chi connectivity index (χ3v) is 6.29. The van der Waals surface area contributed by atoms with Gasteiger partial charge in [0.2, 0.25) is 4.96 Å². The summed E-state index contributed by atoms with van der Waals surface area (Å²) in [5.74, 6) is 2.05. The van der Waals surface area contributed by atoms with Gasteiger partial charge in [0.05, 0.1) is 11.6 Å². The van der Waals surface area contributed by atoms with Gasteiger partial charge >= 0.3 is 0 Å². The molecule has 3 aromatic carbocycles. The van der Waals surface area contributed by atoms with Gasteiger partial charge in [-0.05, 0) is 24.1 Å². The number of aromatic nitrogens is 3. The van der Waals surface area contributed by atoms with Crippen LogP contribution < -0.4 is 9.47 Å². The van der Waals surface area contributed by atoms with E-state index in [1.165, 1.54) is 0 Å². The maximum Gasteiger partial charge on any atom is 0.212 e. The number of fused-ring (bicyclic) bond motifs is 2. The molecule has 0 spiro atoms. The second kappa shape index (κ2) is 8.68. The van der Waals surface area contributed by atoms with E-state index in [2.05, 4.69) is 10.1 Å². The molecule has 0 bridgehead atoms. The standard InChI is InChI=1S/C27H21N3O3S/c1-18-29-30-15-23(28-27(30)34-18)26-14-22-24(32-17-20-10-6-3-7-11-20)12-21(13-25(22)33-26)31-16-19-8-4-2-5-9-19/h2-15H,16-17H2,1H3. The lowest BCUT2D eigenvalue weighted by Gasteiger charge is -2.11. The summed E-state index contributed by atoms with van der Waals surface area (Å²) in [7, 11) is 0. The maximum atomic E-state index is 6.23. The van der Waals surface area contributed by atoms with E-state index in [-0.39, 0.29) is 0 Å². The molecule has 0 radical (unpaired) electrons. The third-order valence-electron chi connectivity index (χ3n) is 5.46. The van der Waals surface area contributed by atoms with Crippen molar-refractivity contribution in [3.05, 3.63) is 101 Å². The molecule has 3 heterocycles. The van der Waals surface area contributed by atoms with Crippen molar-refractivity contribution in [1.82, 2.24) is 14.6 Å². The highest BCUT2D eigenvalue weighted by Crippen LogP contribution is 2.37. The Kier molecular flexibility index (Phi) is 5.24. The van der Waals surface area contributed by atoms with Crippen LogP contribution in [0.1, 0.15) is 16.1 Å². The summed E-state index contributed by atoms with van der Waals surface area (Å²) < 4.78 is 20.3. The van der Waals surface area contributed by atoms with Crippen LogP contribution in [0.2, 0.25) is 0 Å². The Balaban J connectivity index is 1.35. The van der Waals surface area contributed by atoms with E-state index < -0.39 is 0 Å². The Morgan fingerprint density at radius 3 is 2.29 bits per heavy atom. The first-order chi connectivity index (χ1) is 16.7. The quantitative estimate of drug-likeness (QED) is 0.262. The van der Waals surface area contributed by atoms with Crippen LogP contribution in [0.15, 0.2) is 89.5 Å². The van der Waals surface area contributed by atoms with Crippen molar-refractivity contribution in [3.63, 3.8) is 0 Å². The first-order valence-electron chi connectivity index (χ1n) is 11.0. The predicted octanol–water partition coefficient (Wildman–Crippen LogP) is 6.67. The van der Waals surface area contributed by atoms with E-state index in [0.717, 1.165) is 32.2 Å². The van der Waals surface area contributed by atoms with Gasteiger partial charge in [-0.25, -0.2) is 9.50 Å². The topological polar surface area (TPSA) is 61.8 Å². The molecule has 0 N–H and O–H groups in total. The summed E-state index contributed by atoms with van der Waals surface area (Å²) in [5.41, 5.74) is 3.60. The van der Waals surface area contributed by atoms with Crippen molar-refractivity contribution >= 4 is 27.3 Å². The van der Waals surface area contributed by atoms with Crippen molar-refractivity contribution in [2.45, 2.75) is 20.1 Å². The highest BCUT2D eigenvalue weighted by Gasteiger charge is 2.17. The van der Waals surface area contributed by atoms with E-state index in [4.69, 9.17) is 13.9 Å². The summed E-state index contributed by atoms with van der Waals surface area (Å²) in [4.78, 5) is 5.51. The maximum absolute atomic E-state index is 6.23. The largest absolute Gasteiger partial charge is 0.489 e. The highest BCUT2D eigenvalue weighted by molar-refractivity contribution is 7.16. The number of ether oxygens (including phenoxy) is 2. The molecule has 3 aromatic heterocycles. The monoisotopic (exact) mass is 467 g/mol. The number of hydrogen-bond donors (Lipinski definition) is 0. The molecule has 0 saturated heterocycles. The number of hydrogen-bond acceptors (Lipinski definition) is 6. The zero-order valence-electron chi connectivity index (χ0n) is 18.5. The van der Waals surface area contributed by atoms with Gasteiger partial charge in [0.25, 0.3) is 0 Å². The fraction of sp³-hybridized carbons (Fsp3) is 0.111. The van der Waals surface area contributed by atoms with Gasteiger partial charge in [0.15, 0.2) is 5.76 Å². The predicted molar refractivity (Wildman–Crippen MR) is 132 cm³/mol. The molecule has 34 heavy (non-hydrogen) atoms. The number of nitrogens with zero attached hydrogens (tertiary/aromatic N) is 3. The normalized spacial score (nSPS) is 11.3. The number of benzene rings is 3. The van der Waals surface area contributed by atoms with Gasteiger partial charge < -0.3 is 13.9 Å². The van der Waals surface area contributed by atoms with Crippen LogP contribution in [0.3, 0.4) is 0 Å². The lowest BCUT2D eigenvalue weighted by molar-refractivity contribution is 0.292. The van der Waals surface area contributed by atoms with E-state index in [0.29, 0.717) is 36.1 Å². The third kappa shape index (κ3) is 4.13. The first-order valence-corrected chi connectivity index (χ1v) is 11.8. The number of furan rings is 1. The first kappa shape index (κ1) is 20.5. The van der Waals surface area contributed by atoms with Gasteiger partial charge in [-0.15, -0.1) is 0 Å². The van der Waals surface area contributed by atoms with Crippen molar-refractivity contribution < 1.29 is 13.9 Å². The smallest absolute Gasteiger partial charge is 0.212 e. The molecule has 0 aliphatic heterocycles. The molecular formula is C27H21N3O3S. The van der Waals surface area contributed by atoms with E-state index in [1.54, 1.807) is 15.9 Å². The summed E-state index contributed by atoms with van der Waals surface area (Å²) in [5, 5.41) is 6.29. The molecule has 0 aliphatic carbocycles. The molecule has 6 aromatic rings. The number of imidazole rings is 1. The van der Waals surface area contributed by atoms with Gasteiger partial charge in [-0.1, -0.05) is 72.0 Å². The minimum Gasteiger partial charge on any atom is -0.489 e. The summed E-state index contributed by atoms with van der Waals surface area (Å²) in [6, 6.07) is 25.9. The Morgan fingerprint density at radius 1 is 0.882 bits per heavy atom. The Hall–Kier alpha value is -4.10. The lowest BCUT2D eigenvalue weighted by Crippen LogP contribution is -1.98. The molecule has 7 heteroatoms. The van der Waals surface area contributed by atoms with Gasteiger partial charge in [0, 0.05) is 12.1 Å². The summed E-state index contributed by atoms with van der Waals surface area (Å²) in [6.07, 6.45) is 1.88. The number of rotatable bonds is 7. The minimum atomic E-state index is 0.446. The van der Waals surface area contributed by atoms with Crippen LogP contribution in [0.25, 0.3) is 27.4 Å². The average Bonchev–Trinajstić information content (AvgIpc) is 3.55. The van der Waals surface area contributed by atoms with Crippen molar-refractivity contribution in [1.29, 1.82) is 0 Å². The van der Waals surface area contributed by atoms with Gasteiger partial charge in [0.1, 0.15) is 41.0 Å². The fourth-order valence-electron chi connectivity index (χ4n) is 3.81. The van der Waals surface area contributed by atoms with E-state index in [1.807, 2.05) is 92.0 Å².